The summed E-state index contributed by atoms with van der Waals surface area (Å²) in [5.74, 6) is 0.395. The molecule has 3 N–H and O–H groups in total. The molecule has 2 rings (SSSR count). The summed E-state index contributed by atoms with van der Waals surface area (Å²) in [4.78, 5) is 13.7. The smallest absolute Gasteiger partial charge is 0.249 e. The molecule has 1 aromatic heterocycles. The van der Waals surface area contributed by atoms with Gasteiger partial charge in [0.1, 0.15) is 5.82 Å². The lowest BCUT2D eigenvalue weighted by Gasteiger charge is -2.04. The number of hydrogen-bond donors (Lipinski definition) is 2. The molecule has 0 saturated heterocycles. The van der Waals surface area contributed by atoms with Crippen molar-refractivity contribution in [3.63, 3.8) is 0 Å². The van der Waals surface area contributed by atoms with Gasteiger partial charge in [-0.15, -0.1) is 0 Å². The van der Waals surface area contributed by atoms with E-state index in [1.165, 1.54) is 0 Å². The van der Waals surface area contributed by atoms with Crippen LogP contribution in [0.2, 0.25) is 5.02 Å². The second-order valence-electron chi connectivity index (χ2n) is 3.90. The molecule has 0 amide bonds. The van der Waals surface area contributed by atoms with Gasteiger partial charge in [0, 0.05) is 11.1 Å². The fourth-order valence-electron chi connectivity index (χ4n) is 1.75. The van der Waals surface area contributed by atoms with Crippen molar-refractivity contribution >= 4 is 17.4 Å². The average Bonchev–Trinajstić information content (AvgIpc) is 2.27. The maximum Gasteiger partial charge on any atom is 0.249 e. The van der Waals surface area contributed by atoms with Crippen LogP contribution in [0.25, 0.3) is 0 Å². The number of anilines is 1. The van der Waals surface area contributed by atoms with Gasteiger partial charge in [-0.2, -0.15) is 0 Å². The van der Waals surface area contributed by atoms with E-state index >= 15 is 0 Å². The molecule has 0 atom stereocenters. The van der Waals surface area contributed by atoms with Crippen LogP contribution in [-0.2, 0) is 12.8 Å². The lowest BCUT2D eigenvalue weighted by molar-refractivity contribution is 0.952. The number of nitrogens with two attached hydrogens (primary N) is 1. The first kappa shape index (κ1) is 11.7. The largest absolute Gasteiger partial charge is 0.385 e. The van der Waals surface area contributed by atoms with Crippen molar-refractivity contribution in [1.82, 2.24) is 4.98 Å². The van der Waals surface area contributed by atoms with Crippen LogP contribution in [0.15, 0.2) is 41.2 Å². The minimum atomic E-state index is -0.167. The van der Waals surface area contributed by atoms with E-state index in [1.807, 2.05) is 24.3 Å². The van der Waals surface area contributed by atoms with Gasteiger partial charge in [-0.05, 0) is 36.1 Å². The molecule has 0 unspecified atom stereocenters. The molecule has 0 bridgehead atoms. The summed E-state index contributed by atoms with van der Waals surface area (Å²) in [5, 5.41) is 0.755. The predicted molar refractivity (Wildman–Crippen MR) is 70.3 cm³/mol. The molecule has 1 aromatic carbocycles. The summed E-state index contributed by atoms with van der Waals surface area (Å²) in [6, 6.07) is 11.0. The van der Waals surface area contributed by atoms with Gasteiger partial charge in [-0.25, -0.2) is 0 Å². The van der Waals surface area contributed by atoms with Gasteiger partial charge in [0.05, 0.1) is 0 Å². The highest BCUT2D eigenvalue weighted by atomic mass is 35.5. The second kappa shape index (κ2) is 5.06. The maximum atomic E-state index is 11.2. The average molecular weight is 249 g/mol. The minimum absolute atomic E-state index is 0.167. The molecule has 17 heavy (non-hydrogen) atoms. The molecule has 0 radical (unpaired) electrons. The van der Waals surface area contributed by atoms with Gasteiger partial charge in [0.25, 0.3) is 0 Å². The highest BCUT2D eigenvalue weighted by molar-refractivity contribution is 6.31. The third-order valence-corrected chi connectivity index (χ3v) is 2.93. The minimum Gasteiger partial charge on any atom is -0.385 e. The molecular formula is C13H13ClN2O. The number of pyridine rings is 1. The summed E-state index contributed by atoms with van der Waals surface area (Å²) in [7, 11) is 0. The topological polar surface area (TPSA) is 58.9 Å². The number of hydrogen-bond acceptors (Lipinski definition) is 2. The first-order valence-corrected chi connectivity index (χ1v) is 5.75. The summed E-state index contributed by atoms with van der Waals surface area (Å²) < 4.78 is 0. The third kappa shape index (κ3) is 3.11. The fraction of sp³-hybridized carbons (Fsp3) is 0.154. The number of rotatable bonds is 3. The van der Waals surface area contributed by atoms with Crippen LogP contribution in [0.3, 0.4) is 0 Å². The number of aryl methyl sites for hydroxylation is 2. The predicted octanol–water partition coefficient (Wildman–Crippen LogP) is 2.40. The zero-order valence-corrected chi connectivity index (χ0v) is 10.00. The molecule has 0 spiro atoms. The van der Waals surface area contributed by atoms with E-state index < -0.39 is 0 Å². The Morgan fingerprint density at radius 2 is 1.94 bits per heavy atom. The van der Waals surface area contributed by atoms with E-state index in [4.69, 9.17) is 17.3 Å². The van der Waals surface area contributed by atoms with E-state index in [9.17, 15) is 4.79 Å². The number of nitrogens with one attached hydrogen (secondary N) is 1. The summed E-state index contributed by atoms with van der Waals surface area (Å²) in [6.45, 7) is 0. The van der Waals surface area contributed by atoms with Crippen LogP contribution in [0, 0.1) is 0 Å². The van der Waals surface area contributed by atoms with Crippen molar-refractivity contribution < 1.29 is 0 Å². The Morgan fingerprint density at radius 1 is 1.18 bits per heavy atom. The van der Waals surface area contributed by atoms with Crippen molar-refractivity contribution in [3.05, 3.63) is 62.9 Å². The lowest BCUT2D eigenvalue weighted by Crippen LogP contribution is -2.09. The molecule has 2 aromatic rings. The van der Waals surface area contributed by atoms with Crippen molar-refractivity contribution in [2.24, 2.45) is 0 Å². The maximum absolute atomic E-state index is 11.2. The Balaban J connectivity index is 2.13. The van der Waals surface area contributed by atoms with Crippen molar-refractivity contribution in [2.75, 3.05) is 5.73 Å². The van der Waals surface area contributed by atoms with E-state index in [0.717, 1.165) is 29.0 Å². The van der Waals surface area contributed by atoms with E-state index in [0.29, 0.717) is 5.82 Å². The van der Waals surface area contributed by atoms with Gasteiger partial charge in [0.2, 0.25) is 5.56 Å². The molecule has 0 aliphatic heterocycles. The number of aromatic amines is 1. The summed E-state index contributed by atoms with van der Waals surface area (Å²) >= 11 is 6.06. The van der Waals surface area contributed by atoms with Crippen molar-refractivity contribution in [3.8, 4) is 0 Å². The first-order valence-electron chi connectivity index (χ1n) is 5.37. The van der Waals surface area contributed by atoms with Crippen LogP contribution in [0.5, 0.6) is 0 Å². The summed E-state index contributed by atoms with van der Waals surface area (Å²) in [6.07, 6.45) is 1.54. The highest BCUT2D eigenvalue weighted by Crippen LogP contribution is 2.17. The Kier molecular flexibility index (Phi) is 3.49. The van der Waals surface area contributed by atoms with E-state index in [2.05, 4.69) is 4.98 Å². The third-order valence-electron chi connectivity index (χ3n) is 2.57. The monoisotopic (exact) mass is 248 g/mol. The molecule has 0 fully saturated rings. The number of H-pyrrole nitrogens is 1. The standard InChI is InChI=1S/C13H13ClN2O/c14-11-4-2-1-3-10(11)6-5-9-7-12(15)16-13(17)8-9/h1-4,7-8H,5-6H2,(H3,15,16,17). The number of benzene rings is 1. The zero-order valence-electron chi connectivity index (χ0n) is 9.24. The van der Waals surface area contributed by atoms with Crippen molar-refractivity contribution in [2.45, 2.75) is 12.8 Å². The number of halogens is 1. The van der Waals surface area contributed by atoms with Crippen LogP contribution in [0.1, 0.15) is 11.1 Å². The highest BCUT2D eigenvalue weighted by Gasteiger charge is 2.01. The first-order chi connectivity index (χ1) is 8.15. The molecule has 88 valence electrons. The van der Waals surface area contributed by atoms with Crippen LogP contribution < -0.4 is 11.3 Å². The normalized spacial score (nSPS) is 10.4. The van der Waals surface area contributed by atoms with Gasteiger partial charge in [-0.1, -0.05) is 29.8 Å². The Bertz CT molecular complexity index is 578. The molecular weight excluding hydrogens is 236 g/mol. The van der Waals surface area contributed by atoms with Gasteiger partial charge in [-0.3, -0.25) is 4.79 Å². The lowest BCUT2D eigenvalue weighted by atomic mass is 10.1. The van der Waals surface area contributed by atoms with Crippen molar-refractivity contribution in [1.29, 1.82) is 0 Å². The van der Waals surface area contributed by atoms with Gasteiger partial charge >= 0.3 is 0 Å². The molecule has 3 nitrogen and oxygen atoms in total. The summed E-state index contributed by atoms with van der Waals surface area (Å²) in [5.41, 5.74) is 7.41. The number of aromatic nitrogens is 1. The van der Waals surface area contributed by atoms with Crippen LogP contribution >= 0.6 is 11.6 Å². The Labute approximate surface area is 104 Å². The molecule has 0 saturated carbocycles. The molecule has 0 aliphatic carbocycles. The molecule has 1 heterocycles. The van der Waals surface area contributed by atoms with E-state index in [1.54, 1.807) is 12.1 Å². The Hall–Kier alpha value is -1.74. The fourth-order valence-corrected chi connectivity index (χ4v) is 1.98. The zero-order chi connectivity index (χ0) is 12.3. The molecule has 0 aliphatic rings. The SMILES string of the molecule is Nc1cc(CCc2ccccc2Cl)cc(=O)[nH]1. The van der Waals surface area contributed by atoms with E-state index in [-0.39, 0.29) is 5.56 Å². The van der Waals surface area contributed by atoms with Crippen LogP contribution in [0.4, 0.5) is 5.82 Å². The second-order valence-corrected chi connectivity index (χ2v) is 4.31. The van der Waals surface area contributed by atoms with Gasteiger partial charge < -0.3 is 10.7 Å². The van der Waals surface area contributed by atoms with Gasteiger partial charge in [0.15, 0.2) is 0 Å². The molecule has 4 heteroatoms. The Morgan fingerprint density at radius 3 is 2.65 bits per heavy atom. The quantitative estimate of drug-likeness (QED) is 0.876. The van der Waals surface area contributed by atoms with Crippen LogP contribution in [-0.4, -0.2) is 4.98 Å². The number of nitrogen functional groups attached to an aromatic ring is 1.